The molecule has 0 atom stereocenters. The first-order valence-electron chi connectivity index (χ1n) is 8.89. The number of aromatic amines is 1. The normalized spacial score (nSPS) is 10.8. The third-order valence-corrected chi connectivity index (χ3v) is 4.38. The van der Waals surface area contributed by atoms with Gasteiger partial charge >= 0.3 is 5.97 Å². The van der Waals surface area contributed by atoms with Gasteiger partial charge in [0, 0.05) is 23.5 Å². The van der Waals surface area contributed by atoms with Gasteiger partial charge in [-0.15, -0.1) is 0 Å². The van der Waals surface area contributed by atoms with Crippen molar-refractivity contribution in [3.05, 3.63) is 82.9 Å². The molecule has 0 saturated carbocycles. The number of carbonyl (C=O) groups is 1. The van der Waals surface area contributed by atoms with E-state index in [2.05, 4.69) is 15.0 Å². The second-order valence-corrected chi connectivity index (χ2v) is 6.13. The Bertz CT molecular complexity index is 1210. The lowest BCUT2D eigenvalue weighted by atomic mass is 9.99. The Morgan fingerprint density at radius 1 is 1.07 bits per heavy atom. The highest BCUT2D eigenvalue weighted by Gasteiger charge is 2.23. The van der Waals surface area contributed by atoms with Crippen molar-refractivity contribution in [3.63, 3.8) is 0 Å². The Kier molecular flexibility index (Phi) is 4.68. The zero-order chi connectivity index (χ0) is 19.5. The highest BCUT2D eigenvalue weighted by Crippen LogP contribution is 2.30. The fourth-order valence-electron chi connectivity index (χ4n) is 3.13. The van der Waals surface area contributed by atoms with Crippen molar-refractivity contribution in [2.75, 3.05) is 6.61 Å². The van der Waals surface area contributed by atoms with E-state index in [0.717, 1.165) is 10.8 Å². The Hall–Kier alpha value is -3.80. The molecule has 1 N–H and O–H groups in total. The molecular weight excluding hydrogens is 354 g/mol. The minimum atomic E-state index is -0.697. The first kappa shape index (κ1) is 17.6. The van der Waals surface area contributed by atoms with Crippen LogP contribution in [0.25, 0.3) is 33.4 Å². The number of hydrogen-bond acceptors (Lipinski definition) is 5. The maximum atomic E-state index is 12.8. The summed E-state index contributed by atoms with van der Waals surface area (Å²) in [7, 11) is 0. The summed E-state index contributed by atoms with van der Waals surface area (Å²) in [5, 5.41) is 1.88. The molecule has 2 heterocycles. The van der Waals surface area contributed by atoms with Crippen molar-refractivity contribution < 1.29 is 9.53 Å². The summed E-state index contributed by atoms with van der Waals surface area (Å²) in [6, 6.07) is 17.0. The molecule has 0 radical (unpaired) electrons. The molecule has 6 heteroatoms. The van der Waals surface area contributed by atoms with Crippen LogP contribution in [-0.2, 0) is 4.74 Å². The summed E-state index contributed by atoms with van der Waals surface area (Å²) in [4.78, 5) is 36.8. The molecule has 2 aromatic carbocycles. The summed E-state index contributed by atoms with van der Waals surface area (Å²) in [6.45, 7) is 1.86. The van der Waals surface area contributed by atoms with Crippen LogP contribution in [0.1, 0.15) is 17.3 Å². The molecule has 0 bridgehead atoms. The van der Waals surface area contributed by atoms with E-state index in [-0.39, 0.29) is 17.9 Å². The molecular formula is C22H17N3O3. The Morgan fingerprint density at radius 2 is 1.89 bits per heavy atom. The molecule has 0 saturated heterocycles. The van der Waals surface area contributed by atoms with E-state index >= 15 is 0 Å². The van der Waals surface area contributed by atoms with E-state index in [1.165, 1.54) is 0 Å². The van der Waals surface area contributed by atoms with Crippen LogP contribution in [0.4, 0.5) is 0 Å². The van der Waals surface area contributed by atoms with Gasteiger partial charge in [-0.3, -0.25) is 9.78 Å². The van der Waals surface area contributed by atoms with Crippen molar-refractivity contribution in [3.8, 4) is 22.6 Å². The maximum Gasteiger partial charge on any atom is 0.346 e. The van der Waals surface area contributed by atoms with E-state index in [0.29, 0.717) is 17.0 Å². The van der Waals surface area contributed by atoms with Gasteiger partial charge in [0.25, 0.3) is 5.56 Å². The number of ether oxygens (including phenoxy) is 1. The monoisotopic (exact) mass is 371 g/mol. The minimum Gasteiger partial charge on any atom is -0.462 e. The van der Waals surface area contributed by atoms with Crippen LogP contribution >= 0.6 is 0 Å². The SMILES string of the molecule is CCOC(=O)c1c(-c2cccc3ccccc23)nc(-c2cccnc2)[nH]c1=O. The molecule has 4 aromatic rings. The van der Waals surface area contributed by atoms with E-state index in [9.17, 15) is 9.59 Å². The Balaban J connectivity index is 2.04. The average Bonchev–Trinajstić information content (AvgIpc) is 2.73. The summed E-state index contributed by atoms with van der Waals surface area (Å²) < 4.78 is 5.12. The largest absolute Gasteiger partial charge is 0.462 e. The van der Waals surface area contributed by atoms with Gasteiger partial charge in [-0.2, -0.15) is 0 Å². The summed E-state index contributed by atoms with van der Waals surface area (Å²) in [6.07, 6.45) is 3.25. The summed E-state index contributed by atoms with van der Waals surface area (Å²) in [5.74, 6) is -0.356. The molecule has 0 spiro atoms. The van der Waals surface area contributed by atoms with E-state index < -0.39 is 11.5 Å². The van der Waals surface area contributed by atoms with Gasteiger partial charge in [0.15, 0.2) is 5.56 Å². The van der Waals surface area contributed by atoms with E-state index in [4.69, 9.17) is 4.74 Å². The number of pyridine rings is 1. The zero-order valence-electron chi connectivity index (χ0n) is 15.2. The van der Waals surface area contributed by atoms with Crippen LogP contribution in [0, 0.1) is 0 Å². The molecule has 0 aliphatic heterocycles. The number of benzene rings is 2. The van der Waals surface area contributed by atoms with Crippen LogP contribution in [0.5, 0.6) is 0 Å². The highest BCUT2D eigenvalue weighted by molar-refractivity contribution is 6.03. The maximum absolute atomic E-state index is 12.8. The predicted molar refractivity (Wildman–Crippen MR) is 107 cm³/mol. The van der Waals surface area contributed by atoms with Crippen LogP contribution in [-0.4, -0.2) is 27.5 Å². The number of carbonyl (C=O) groups excluding carboxylic acids is 1. The van der Waals surface area contributed by atoms with E-state index in [1.54, 1.807) is 31.5 Å². The number of nitrogens with one attached hydrogen (secondary N) is 1. The van der Waals surface area contributed by atoms with Crippen LogP contribution < -0.4 is 5.56 Å². The van der Waals surface area contributed by atoms with Gasteiger partial charge < -0.3 is 9.72 Å². The average molecular weight is 371 g/mol. The molecule has 0 unspecified atom stereocenters. The standard InChI is InChI=1S/C22H17N3O3/c1-2-28-22(27)18-19(17-11-5-8-14-7-3-4-10-16(14)17)24-20(25-21(18)26)15-9-6-12-23-13-15/h3-13H,2H2,1H3,(H,24,25,26). The lowest BCUT2D eigenvalue weighted by Gasteiger charge is -2.12. The number of fused-ring (bicyclic) bond motifs is 1. The highest BCUT2D eigenvalue weighted by atomic mass is 16.5. The number of H-pyrrole nitrogens is 1. The second kappa shape index (κ2) is 7.44. The molecule has 0 aliphatic rings. The minimum absolute atomic E-state index is 0.106. The van der Waals surface area contributed by atoms with E-state index in [1.807, 2.05) is 42.5 Å². The van der Waals surface area contributed by atoms with Crippen molar-refractivity contribution in [2.24, 2.45) is 0 Å². The number of esters is 1. The zero-order valence-corrected chi connectivity index (χ0v) is 15.2. The Morgan fingerprint density at radius 3 is 2.68 bits per heavy atom. The van der Waals surface area contributed by atoms with Gasteiger partial charge in [0.1, 0.15) is 5.82 Å². The van der Waals surface area contributed by atoms with Crippen LogP contribution in [0.2, 0.25) is 0 Å². The van der Waals surface area contributed by atoms with Gasteiger partial charge in [-0.1, -0.05) is 42.5 Å². The number of hydrogen-bond donors (Lipinski definition) is 1. The fourth-order valence-corrected chi connectivity index (χ4v) is 3.13. The third-order valence-electron chi connectivity index (χ3n) is 4.38. The van der Waals surface area contributed by atoms with Crippen molar-refractivity contribution in [1.29, 1.82) is 0 Å². The molecule has 28 heavy (non-hydrogen) atoms. The van der Waals surface area contributed by atoms with Gasteiger partial charge in [-0.25, -0.2) is 9.78 Å². The molecule has 6 nitrogen and oxygen atoms in total. The molecule has 138 valence electrons. The first-order chi connectivity index (χ1) is 13.7. The molecule has 0 amide bonds. The number of aromatic nitrogens is 3. The first-order valence-corrected chi connectivity index (χ1v) is 8.89. The summed E-state index contributed by atoms with van der Waals surface area (Å²) in [5.41, 5.74) is 0.979. The lowest BCUT2D eigenvalue weighted by Crippen LogP contribution is -2.23. The van der Waals surface area contributed by atoms with Crippen LogP contribution in [0.15, 0.2) is 71.8 Å². The number of nitrogens with zero attached hydrogens (tertiary/aromatic N) is 2. The van der Waals surface area contributed by atoms with Gasteiger partial charge in [0.2, 0.25) is 0 Å². The fraction of sp³-hybridized carbons (Fsp3) is 0.0909. The second-order valence-electron chi connectivity index (χ2n) is 6.13. The molecule has 0 fully saturated rings. The van der Waals surface area contributed by atoms with Gasteiger partial charge in [0.05, 0.1) is 12.3 Å². The van der Waals surface area contributed by atoms with Crippen LogP contribution in [0.3, 0.4) is 0 Å². The van der Waals surface area contributed by atoms with Crippen molar-refractivity contribution in [1.82, 2.24) is 15.0 Å². The molecule has 0 aliphatic carbocycles. The topological polar surface area (TPSA) is 84.9 Å². The molecule has 2 aromatic heterocycles. The Labute approximate surface area is 160 Å². The molecule has 4 rings (SSSR count). The van der Waals surface area contributed by atoms with Crippen molar-refractivity contribution in [2.45, 2.75) is 6.92 Å². The quantitative estimate of drug-likeness (QED) is 0.551. The smallest absolute Gasteiger partial charge is 0.346 e. The van der Waals surface area contributed by atoms with Crippen molar-refractivity contribution >= 4 is 16.7 Å². The number of rotatable bonds is 4. The predicted octanol–water partition coefficient (Wildman–Crippen LogP) is 3.83. The summed E-state index contributed by atoms with van der Waals surface area (Å²) >= 11 is 0. The lowest BCUT2D eigenvalue weighted by molar-refractivity contribution is 0.0525. The third kappa shape index (κ3) is 3.16. The van der Waals surface area contributed by atoms with Gasteiger partial charge in [-0.05, 0) is 29.8 Å².